The first kappa shape index (κ1) is 10.0. The van der Waals surface area contributed by atoms with Gasteiger partial charge in [0.05, 0.1) is 6.17 Å². The quantitative estimate of drug-likeness (QED) is 0.446. The summed E-state index contributed by atoms with van der Waals surface area (Å²) < 4.78 is 0. The van der Waals surface area contributed by atoms with Crippen LogP contribution >= 0.6 is 0 Å². The Balaban J connectivity index is 1.84. The Kier molecular flexibility index (Phi) is 4.02. The van der Waals surface area contributed by atoms with Gasteiger partial charge in [0, 0.05) is 14.1 Å². The van der Waals surface area contributed by atoms with Gasteiger partial charge in [0.2, 0.25) is 0 Å². The molecule has 2 nitrogen and oxygen atoms in total. The van der Waals surface area contributed by atoms with E-state index in [2.05, 4.69) is 31.0 Å². The van der Waals surface area contributed by atoms with E-state index in [1.54, 1.807) is 0 Å². The van der Waals surface area contributed by atoms with Crippen molar-refractivity contribution in [2.75, 3.05) is 14.1 Å². The van der Waals surface area contributed by atoms with Gasteiger partial charge in [0.1, 0.15) is 0 Å². The van der Waals surface area contributed by atoms with Crippen LogP contribution in [0.4, 0.5) is 0 Å². The topological polar surface area (TPSA) is 6.02 Å². The maximum absolute atomic E-state index is 2.31. The highest BCUT2D eigenvalue weighted by Gasteiger charge is 2.36. The van der Waals surface area contributed by atoms with E-state index >= 15 is 0 Å². The molecule has 0 radical (unpaired) electrons. The van der Waals surface area contributed by atoms with Crippen LogP contribution in [0.5, 0.6) is 0 Å². The molecule has 1 saturated heterocycles. The average molecular weight is 170 g/mol. The van der Waals surface area contributed by atoms with E-state index in [1.165, 1.54) is 38.5 Å². The summed E-state index contributed by atoms with van der Waals surface area (Å²) in [5.74, 6) is 0. The van der Waals surface area contributed by atoms with E-state index in [1.807, 2.05) is 0 Å². The van der Waals surface area contributed by atoms with E-state index in [0.29, 0.717) is 0 Å². The minimum absolute atomic E-state index is 0.756. The fraction of sp³-hybridized carbons (Fsp3) is 1.00. The van der Waals surface area contributed by atoms with Gasteiger partial charge in [-0.2, -0.15) is 0 Å². The summed E-state index contributed by atoms with van der Waals surface area (Å²) in [6.07, 6.45) is 9.13. The molecule has 1 heterocycles. The highest BCUT2D eigenvalue weighted by Crippen LogP contribution is 2.25. The Bertz CT molecular complexity index is 117. The minimum atomic E-state index is 0.756. The van der Waals surface area contributed by atoms with E-state index in [4.69, 9.17) is 0 Å². The van der Waals surface area contributed by atoms with Crippen LogP contribution in [0.25, 0.3) is 0 Å². The first-order valence-electron chi connectivity index (χ1n) is 5.23. The largest absolute Gasteiger partial charge is 0.225 e. The highest BCUT2D eigenvalue weighted by atomic mass is 15.8. The van der Waals surface area contributed by atoms with Crippen molar-refractivity contribution in [3.63, 3.8) is 0 Å². The van der Waals surface area contributed by atoms with Crippen molar-refractivity contribution in [3.8, 4) is 0 Å². The van der Waals surface area contributed by atoms with Crippen LogP contribution in [-0.2, 0) is 0 Å². The molecule has 12 heavy (non-hydrogen) atoms. The SMILES string of the molecule is CCCCCCCC1N(C)N1C. The van der Waals surface area contributed by atoms with Crippen LogP contribution in [0.3, 0.4) is 0 Å². The zero-order valence-electron chi connectivity index (χ0n) is 8.71. The molecule has 0 aromatic rings. The Morgan fingerprint density at radius 3 is 2.00 bits per heavy atom. The van der Waals surface area contributed by atoms with E-state index in [9.17, 15) is 0 Å². The van der Waals surface area contributed by atoms with Crippen LogP contribution in [-0.4, -0.2) is 30.3 Å². The summed E-state index contributed by atoms with van der Waals surface area (Å²) in [4.78, 5) is 0. The van der Waals surface area contributed by atoms with Gasteiger partial charge in [-0.05, 0) is 6.42 Å². The van der Waals surface area contributed by atoms with Crippen molar-refractivity contribution in [2.24, 2.45) is 0 Å². The maximum atomic E-state index is 2.31. The van der Waals surface area contributed by atoms with Crippen molar-refractivity contribution in [1.29, 1.82) is 0 Å². The summed E-state index contributed by atoms with van der Waals surface area (Å²) in [6.45, 7) is 2.27. The number of rotatable bonds is 6. The number of unbranched alkanes of at least 4 members (excludes halogenated alkanes) is 4. The Morgan fingerprint density at radius 1 is 0.917 bits per heavy atom. The molecule has 1 rings (SSSR count). The second-order valence-corrected chi connectivity index (χ2v) is 3.83. The number of hydrazine groups is 1. The molecule has 2 atom stereocenters. The maximum Gasteiger partial charge on any atom is 0.0888 e. The molecule has 2 heteroatoms. The second kappa shape index (κ2) is 4.83. The number of hydrogen-bond acceptors (Lipinski definition) is 2. The first-order chi connectivity index (χ1) is 5.77. The predicted molar refractivity (Wildman–Crippen MR) is 52.7 cm³/mol. The molecular formula is C10H22N2. The lowest BCUT2D eigenvalue weighted by Gasteiger charge is -1.97. The molecule has 0 aromatic heterocycles. The molecule has 0 spiro atoms. The van der Waals surface area contributed by atoms with Crippen LogP contribution < -0.4 is 0 Å². The Labute approximate surface area is 76.5 Å². The van der Waals surface area contributed by atoms with Crippen LogP contribution in [0.1, 0.15) is 45.4 Å². The Morgan fingerprint density at radius 2 is 1.50 bits per heavy atom. The summed E-state index contributed by atoms with van der Waals surface area (Å²) in [7, 11) is 4.33. The van der Waals surface area contributed by atoms with E-state index in [0.717, 1.165) is 6.17 Å². The van der Waals surface area contributed by atoms with Crippen LogP contribution in [0.2, 0.25) is 0 Å². The van der Waals surface area contributed by atoms with Crippen molar-refractivity contribution >= 4 is 0 Å². The lowest BCUT2D eigenvalue weighted by Crippen LogP contribution is -1.93. The normalized spacial score (nSPS) is 33.8. The predicted octanol–water partition coefficient (Wildman–Crippen LogP) is 2.47. The second-order valence-electron chi connectivity index (χ2n) is 3.83. The zero-order chi connectivity index (χ0) is 8.97. The van der Waals surface area contributed by atoms with Gasteiger partial charge in [-0.15, -0.1) is 0 Å². The first-order valence-corrected chi connectivity index (χ1v) is 5.23. The van der Waals surface area contributed by atoms with Gasteiger partial charge in [0.15, 0.2) is 0 Å². The van der Waals surface area contributed by atoms with Gasteiger partial charge in [-0.25, -0.2) is 10.0 Å². The third kappa shape index (κ3) is 2.76. The molecule has 0 aliphatic carbocycles. The summed E-state index contributed by atoms with van der Waals surface area (Å²) in [5, 5.41) is 4.61. The van der Waals surface area contributed by atoms with Gasteiger partial charge in [-0.3, -0.25) is 0 Å². The van der Waals surface area contributed by atoms with E-state index in [-0.39, 0.29) is 0 Å². The summed E-state index contributed by atoms with van der Waals surface area (Å²) in [5.41, 5.74) is 0. The van der Waals surface area contributed by atoms with Gasteiger partial charge in [-0.1, -0.05) is 39.0 Å². The molecule has 1 aliphatic rings. The van der Waals surface area contributed by atoms with Crippen molar-refractivity contribution in [2.45, 2.75) is 51.6 Å². The molecule has 0 N–H and O–H groups in total. The molecule has 72 valence electrons. The third-order valence-corrected chi connectivity index (χ3v) is 2.87. The van der Waals surface area contributed by atoms with Crippen LogP contribution in [0.15, 0.2) is 0 Å². The molecule has 2 unspecified atom stereocenters. The van der Waals surface area contributed by atoms with E-state index < -0.39 is 0 Å². The van der Waals surface area contributed by atoms with Gasteiger partial charge in [0.25, 0.3) is 0 Å². The van der Waals surface area contributed by atoms with Crippen molar-refractivity contribution in [3.05, 3.63) is 0 Å². The van der Waals surface area contributed by atoms with Crippen LogP contribution in [0, 0.1) is 0 Å². The monoisotopic (exact) mass is 170 g/mol. The molecule has 0 aromatic carbocycles. The lowest BCUT2D eigenvalue weighted by atomic mass is 10.1. The molecule has 0 amide bonds. The van der Waals surface area contributed by atoms with Crippen molar-refractivity contribution in [1.82, 2.24) is 10.0 Å². The smallest absolute Gasteiger partial charge is 0.0888 e. The summed E-state index contributed by atoms with van der Waals surface area (Å²) >= 11 is 0. The van der Waals surface area contributed by atoms with Crippen molar-refractivity contribution < 1.29 is 0 Å². The summed E-state index contributed by atoms with van der Waals surface area (Å²) in [6, 6.07) is 0. The average Bonchev–Trinajstić information content (AvgIpc) is 2.62. The molecule has 1 aliphatic heterocycles. The molecule has 0 saturated carbocycles. The van der Waals surface area contributed by atoms with Gasteiger partial charge < -0.3 is 0 Å². The minimum Gasteiger partial charge on any atom is -0.225 e. The highest BCUT2D eigenvalue weighted by molar-refractivity contribution is 4.76. The molecular weight excluding hydrogens is 148 g/mol. The fourth-order valence-corrected chi connectivity index (χ4v) is 1.73. The fourth-order valence-electron chi connectivity index (χ4n) is 1.73. The Hall–Kier alpha value is -0.0800. The molecule has 0 bridgehead atoms. The van der Waals surface area contributed by atoms with Gasteiger partial charge >= 0.3 is 0 Å². The lowest BCUT2D eigenvalue weighted by molar-refractivity contribution is 0.412. The number of nitrogens with zero attached hydrogens (tertiary/aromatic N) is 2. The zero-order valence-corrected chi connectivity index (χ0v) is 8.71. The third-order valence-electron chi connectivity index (χ3n) is 2.87. The number of hydrogen-bond donors (Lipinski definition) is 0. The molecule has 1 fully saturated rings. The standard InChI is InChI=1S/C10H22N2/c1-4-5-6-7-8-9-10-11(2)12(10)3/h10H,4-9H2,1-3H3.